The standard InChI is InChI=1S/C18H19N5O3/c1-24-14-6-12(7-15(8-14)25-2)9-23-10-13(11-23)18-21-17(22-26-18)16-19-4-3-5-20-16/h3-8,13H,9-11H2,1-2H3. The molecule has 0 N–H and O–H groups in total. The van der Waals surface area contributed by atoms with Crippen molar-refractivity contribution in [1.29, 1.82) is 0 Å². The van der Waals surface area contributed by atoms with Gasteiger partial charge in [-0.3, -0.25) is 4.90 Å². The smallest absolute Gasteiger partial charge is 0.240 e. The van der Waals surface area contributed by atoms with Crippen LogP contribution in [0.5, 0.6) is 11.5 Å². The largest absolute Gasteiger partial charge is 0.497 e. The Morgan fingerprint density at radius 2 is 1.73 bits per heavy atom. The van der Waals surface area contributed by atoms with E-state index in [0.29, 0.717) is 17.5 Å². The van der Waals surface area contributed by atoms with Gasteiger partial charge in [0.25, 0.3) is 0 Å². The molecule has 1 aliphatic rings. The zero-order valence-corrected chi connectivity index (χ0v) is 14.6. The molecule has 0 bridgehead atoms. The molecular weight excluding hydrogens is 334 g/mol. The van der Waals surface area contributed by atoms with Crippen molar-refractivity contribution in [2.45, 2.75) is 12.5 Å². The van der Waals surface area contributed by atoms with Gasteiger partial charge in [-0.1, -0.05) is 5.16 Å². The molecule has 1 saturated heterocycles. The zero-order valence-electron chi connectivity index (χ0n) is 14.6. The van der Waals surface area contributed by atoms with Crippen molar-refractivity contribution in [3.05, 3.63) is 48.1 Å². The Kier molecular flexibility index (Phi) is 4.49. The summed E-state index contributed by atoms with van der Waals surface area (Å²) in [5, 5.41) is 3.98. The van der Waals surface area contributed by atoms with Gasteiger partial charge in [0, 0.05) is 38.1 Å². The summed E-state index contributed by atoms with van der Waals surface area (Å²) >= 11 is 0. The van der Waals surface area contributed by atoms with Crippen LogP contribution in [0.3, 0.4) is 0 Å². The molecular formula is C18H19N5O3. The number of aromatic nitrogens is 4. The Bertz CT molecular complexity index is 855. The zero-order chi connectivity index (χ0) is 17.9. The van der Waals surface area contributed by atoms with E-state index in [0.717, 1.165) is 36.7 Å². The molecule has 0 unspecified atom stereocenters. The van der Waals surface area contributed by atoms with Gasteiger partial charge in [0.1, 0.15) is 11.5 Å². The Morgan fingerprint density at radius 3 is 2.38 bits per heavy atom. The topological polar surface area (TPSA) is 86.4 Å². The molecule has 3 heterocycles. The van der Waals surface area contributed by atoms with Crippen molar-refractivity contribution < 1.29 is 14.0 Å². The third kappa shape index (κ3) is 3.36. The minimum absolute atomic E-state index is 0.229. The van der Waals surface area contributed by atoms with E-state index in [1.807, 2.05) is 18.2 Å². The number of benzene rings is 1. The van der Waals surface area contributed by atoms with Crippen LogP contribution in [0.4, 0.5) is 0 Å². The van der Waals surface area contributed by atoms with Gasteiger partial charge in [-0.2, -0.15) is 4.98 Å². The van der Waals surface area contributed by atoms with Gasteiger partial charge < -0.3 is 14.0 Å². The van der Waals surface area contributed by atoms with Crippen LogP contribution < -0.4 is 9.47 Å². The number of rotatable bonds is 6. The molecule has 1 aromatic carbocycles. The SMILES string of the molecule is COc1cc(CN2CC(c3nc(-c4ncccn4)no3)C2)cc(OC)c1. The van der Waals surface area contributed by atoms with Crippen LogP contribution in [0, 0.1) is 0 Å². The van der Waals surface area contributed by atoms with Crippen LogP contribution in [0.1, 0.15) is 17.4 Å². The predicted molar refractivity (Wildman–Crippen MR) is 92.9 cm³/mol. The highest BCUT2D eigenvalue weighted by molar-refractivity contribution is 5.41. The van der Waals surface area contributed by atoms with Gasteiger partial charge in [-0.25, -0.2) is 9.97 Å². The number of likely N-dealkylation sites (tertiary alicyclic amines) is 1. The highest BCUT2D eigenvalue weighted by Crippen LogP contribution is 2.30. The molecule has 0 aliphatic carbocycles. The second-order valence-corrected chi connectivity index (χ2v) is 6.14. The molecule has 8 nitrogen and oxygen atoms in total. The molecule has 0 radical (unpaired) electrons. The van der Waals surface area contributed by atoms with Gasteiger partial charge >= 0.3 is 0 Å². The predicted octanol–water partition coefficient (Wildman–Crippen LogP) is 2.14. The van der Waals surface area contributed by atoms with E-state index >= 15 is 0 Å². The summed E-state index contributed by atoms with van der Waals surface area (Å²) in [6, 6.07) is 7.66. The van der Waals surface area contributed by atoms with Gasteiger partial charge in [0.05, 0.1) is 20.1 Å². The second-order valence-electron chi connectivity index (χ2n) is 6.14. The normalized spacial score (nSPS) is 14.8. The van der Waals surface area contributed by atoms with E-state index < -0.39 is 0 Å². The molecule has 8 heteroatoms. The quantitative estimate of drug-likeness (QED) is 0.666. The maximum atomic E-state index is 5.39. The molecule has 134 valence electrons. The van der Waals surface area contributed by atoms with Crippen LogP contribution in [0.25, 0.3) is 11.6 Å². The lowest BCUT2D eigenvalue weighted by Gasteiger charge is -2.37. The monoisotopic (exact) mass is 353 g/mol. The summed E-state index contributed by atoms with van der Waals surface area (Å²) in [4.78, 5) is 15.0. The minimum Gasteiger partial charge on any atom is -0.497 e. The summed E-state index contributed by atoms with van der Waals surface area (Å²) in [5.74, 6) is 3.35. The Hall–Kier alpha value is -3.00. The van der Waals surface area contributed by atoms with Crippen molar-refractivity contribution in [2.75, 3.05) is 27.3 Å². The lowest BCUT2D eigenvalue weighted by Crippen LogP contribution is -2.44. The molecule has 0 atom stereocenters. The summed E-state index contributed by atoms with van der Waals surface area (Å²) in [7, 11) is 3.31. The molecule has 0 spiro atoms. The Labute approximate surface area is 150 Å². The highest BCUT2D eigenvalue weighted by Gasteiger charge is 2.33. The number of hydrogen-bond donors (Lipinski definition) is 0. The summed E-state index contributed by atoms with van der Waals surface area (Å²) in [5.41, 5.74) is 1.14. The van der Waals surface area contributed by atoms with E-state index in [2.05, 4.69) is 25.0 Å². The van der Waals surface area contributed by atoms with E-state index in [1.165, 1.54) is 0 Å². The number of methoxy groups -OCH3 is 2. The van der Waals surface area contributed by atoms with E-state index in [-0.39, 0.29) is 5.92 Å². The van der Waals surface area contributed by atoms with Crippen molar-refractivity contribution in [3.63, 3.8) is 0 Å². The third-order valence-electron chi connectivity index (χ3n) is 4.33. The van der Waals surface area contributed by atoms with Crippen LogP contribution in [-0.2, 0) is 6.54 Å². The first-order valence-electron chi connectivity index (χ1n) is 8.30. The first-order chi connectivity index (χ1) is 12.7. The van der Waals surface area contributed by atoms with E-state index in [4.69, 9.17) is 14.0 Å². The molecule has 0 saturated carbocycles. The van der Waals surface area contributed by atoms with Crippen molar-refractivity contribution in [2.24, 2.45) is 0 Å². The average molecular weight is 353 g/mol. The van der Waals surface area contributed by atoms with Crippen molar-refractivity contribution in [3.8, 4) is 23.1 Å². The van der Waals surface area contributed by atoms with E-state index in [9.17, 15) is 0 Å². The molecule has 2 aromatic heterocycles. The summed E-state index contributed by atoms with van der Waals surface area (Å²) in [6.07, 6.45) is 3.32. The fourth-order valence-electron chi connectivity index (χ4n) is 2.98. The van der Waals surface area contributed by atoms with Crippen molar-refractivity contribution in [1.82, 2.24) is 25.0 Å². The summed E-state index contributed by atoms with van der Waals surface area (Å²) in [6.45, 7) is 2.53. The third-order valence-corrected chi connectivity index (χ3v) is 4.33. The van der Waals surface area contributed by atoms with Crippen LogP contribution in [0.2, 0.25) is 0 Å². The molecule has 0 amide bonds. The van der Waals surface area contributed by atoms with Gasteiger partial charge in [0.2, 0.25) is 17.5 Å². The molecule has 3 aromatic rings. The maximum Gasteiger partial charge on any atom is 0.240 e. The van der Waals surface area contributed by atoms with Crippen LogP contribution in [-0.4, -0.2) is 52.3 Å². The average Bonchev–Trinajstić information content (AvgIpc) is 3.14. The van der Waals surface area contributed by atoms with Gasteiger partial charge in [-0.05, 0) is 23.8 Å². The number of ether oxygens (including phenoxy) is 2. The van der Waals surface area contributed by atoms with Crippen LogP contribution >= 0.6 is 0 Å². The molecule has 1 fully saturated rings. The van der Waals surface area contributed by atoms with Crippen molar-refractivity contribution >= 4 is 0 Å². The molecule has 1 aliphatic heterocycles. The maximum absolute atomic E-state index is 5.39. The fourth-order valence-corrected chi connectivity index (χ4v) is 2.98. The lowest BCUT2D eigenvalue weighted by atomic mass is 9.99. The highest BCUT2D eigenvalue weighted by atomic mass is 16.5. The number of hydrogen-bond acceptors (Lipinski definition) is 8. The van der Waals surface area contributed by atoms with E-state index in [1.54, 1.807) is 32.7 Å². The Morgan fingerprint density at radius 1 is 1.04 bits per heavy atom. The van der Waals surface area contributed by atoms with Gasteiger partial charge in [-0.15, -0.1) is 0 Å². The summed E-state index contributed by atoms with van der Waals surface area (Å²) < 4.78 is 16.0. The molecule has 4 rings (SSSR count). The first-order valence-corrected chi connectivity index (χ1v) is 8.30. The molecule has 26 heavy (non-hydrogen) atoms. The lowest BCUT2D eigenvalue weighted by molar-refractivity contribution is 0.117. The first kappa shape index (κ1) is 16.5. The minimum atomic E-state index is 0.229. The second kappa shape index (κ2) is 7.09. The Balaban J connectivity index is 1.38. The number of nitrogens with zero attached hydrogens (tertiary/aromatic N) is 5. The fraction of sp³-hybridized carbons (Fsp3) is 0.333. The van der Waals surface area contributed by atoms with Gasteiger partial charge in [0.15, 0.2) is 0 Å². The van der Waals surface area contributed by atoms with Crippen LogP contribution in [0.15, 0.2) is 41.2 Å².